The minimum absolute atomic E-state index is 0.0381. The quantitative estimate of drug-likeness (QED) is 0.636. The van der Waals surface area contributed by atoms with Crippen molar-refractivity contribution >= 4 is 0 Å². The Kier molecular flexibility index (Phi) is 4.24. The van der Waals surface area contributed by atoms with Crippen LogP contribution in [0.15, 0.2) is 54.9 Å². The highest BCUT2D eigenvalue weighted by atomic mass is 19.1. The molecule has 0 amide bonds. The molecule has 1 aromatic heterocycles. The number of hydrogen-bond acceptors (Lipinski definition) is 1. The summed E-state index contributed by atoms with van der Waals surface area (Å²) in [6.07, 6.45) is 4.21. The number of halogens is 2. The van der Waals surface area contributed by atoms with Gasteiger partial charge in [-0.3, -0.25) is 4.57 Å². The molecule has 0 saturated carbocycles. The van der Waals surface area contributed by atoms with E-state index < -0.39 is 11.6 Å². The lowest BCUT2D eigenvalue weighted by molar-refractivity contribution is 0.575. The predicted molar refractivity (Wildman–Crippen MR) is 87.6 cm³/mol. The Morgan fingerprint density at radius 3 is 2.57 bits per heavy atom. The molecule has 3 rings (SSSR count). The lowest BCUT2D eigenvalue weighted by atomic mass is 9.92. The van der Waals surface area contributed by atoms with Crippen LogP contribution in [0.3, 0.4) is 0 Å². The average Bonchev–Trinajstić information content (AvgIpc) is 3.03. The molecule has 1 unspecified atom stereocenters. The maximum absolute atomic E-state index is 14.6. The summed E-state index contributed by atoms with van der Waals surface area (Å²) in [6, 6.07) is 11.9. The van der Waals surface area contributed by atoms with Crippen LogP contribution in [0.1, 0.15) is 31.7 Å². The molecular weight excluding hydrogens is 294 g/mol. The zero-order chi connectivity index (χ0) is 16.4. The van der Waals surface area contributed by atoms with Crippen LogP contribution in [0.5, 0.6) is 0 Å². The van der Waals surface area contributed by atoms with Crippen molar-refractivity contribution in [1.29, 1.82) is 0 Å². The highest BCUT2D eigenvalue weighted by Crippen LogP contribution is 2.34. The standard InChI is InChI=1S/C19H18F2N2/c1-3-13(2)16-11-14(20)12-17(21)18(16)19-22-9-10-23(19)15-7-5-4-6-8-15/h4-13H,3H2,1-2H3. The number of aromatic nitrogens is 2. The summed E-state index contributed by atoms with van der Waals surface area (Å²) in [6.45, 7) is 3.97. The second kappa shape index (κ2) is 6.32. The first-order chi connectivity index (χ1) is 11.1. The number of imidazole rings is 1. The van der Waals surface area contributed by atoms with Crippen LogP contribution in [-0.4, -0.2) is 9.55 Å². The molecule has 0 bridgehead atoms. The third kappa shape index (κ3) is 2.89. The van der Waals surface area contributed by atoms with Crippen molar-refractivity contribution in [3.05, 3.63) is 72.1 Å². The fourth-order valence-electron chi connectivity index (χ4n) is 2.72. The van der Waals surface area contributed by atoms with E-state index in [9.17, 15) is 8.78 Å². The smallest absolute Gasteiger partial charge is 0.147 e. The molecule has 0 saturated heterocycles. The third-order valence-electron chi connectivity index (χ3n) is 4.13. The molecule has 0 aliphatic heterocycles. The lowest BCUT2D eigenvalue weighted by Gasteiger charge is -2.17. The Morgan fingerprint density at radius 2 is 1.87 bits per heavy atom. The van der Waals surface area contributed by atoms with Crippen LogP contribution in [0.4, 0.5) is 8.78 Å². The number of para-hydroxylation sites is 1. The summed E-state index contributed by atoms with van der Waals surface area (Å²) >= 11 is 0. The maximum Gasteiger partial charge on any atom is 0.147 e. The number of rotatable bonds is 4. The summed E-state index contributed by atoms with van der Waals surface area (Å²) in [4.78, 5) is 4.33. The molecule has 0 N–H and O–H groups in total. The van der Waals surface area contributed by atoms with Gasteiger partial charge in [-0.2, -0.15) is 0 Å². The van der Waals surface area contributed by atoms with Gasteiger partial charge in [0.1, 0.15) is 17.5 Å². The summed E-state index contributed by atoms with van der Waals surface area (Å²) in [5.41, 5.74) is 1.90. The minimum atomic E-state index is -0.580. The summed E-state index contributed by atoms with van der Waals surface area (Å²) in [7, 11) is 0. The van der Waals surface area contributed by atoms with Gasteiger partial charge in [0.05, 0.1) is 5.56 Å². The van der Waals surface area contributed by atoms with E-state index in [0.717, 1.165) is 18.2 Å². The molecule has 2 nitrogen and oxygen atoms in total. The Hall–Kier alpha value is -2.49. The van der Waals surface area contributed by atoms with Crippen LogP contribution in [0.2, 0.25) is 0 Å². The molecule has 1 atom stereocenters. The fourth-order valence-corrected chi connectivity index (χ4v) is 2.72. The van der Waals surface area contributed by atoms with Crippen molar-refractivity contribution in [2.24, 2.45) is 0 Å². The molecule has 1 heterocycles. The molecule has 0 aliphatic rings. The molecular formula is C19H18F2N2. The van der Waals surface area contributed by atoms with Gasteiger partial charge in [-0.15, -0.1) is 0 Å². The van der Waals surface area contributed by atoms with E-state index in [1.54, 1.807) is 12.4 Å². The first-order valence-corrected chi connectivity index (χ1v) is 7.70. The van der Waals surface area contributed by atoms with Gasteiger partial charge >= 0.3 is 0 Å². The average molecular weight is 312 g/mol. The van der Waals surface area contributed by atoms with Gasteiger partial charge in [0.15, 0.2) is 0 Å². The molecule has 3 aromatic rings. The van der Waals surface area contributed by atoms with Crippen molar-refractivity contribution in [2.75, 3.05) is 0 Å². The van der Waals surface area contributed by atoms with E-state index in [4.69, 9.17) is 0 Å². The molecule has 4 heteroatoms. The van der Waals surface area contributed by atoms with Crippen molar-refractivity contribution in [3.63, 3.8) is 0 Å². The van der Waals surface area contributed by atoms with E-state index >= 15 is 0 Å². The second-order valence-corrected chi connectivity index (χ2v) is 5.62. The monoisotopic (exact) mass is 312 g/mol. The second-order valence-electron chi connectivity index (χ2n) is 5.62. The van der Waals surface area contributed by atoms with Crippen molar-refractivity contribution in [2.45, 2.75) is 26.2 Å². The van der Waals surface area contributed by atoms with Crippen molar-refractivity contribution in [1.82, 2.24) is 9.55 Å². The normalized spacial score (nSPS) is 12.3. The van der Waals surface area contributed by atoms with Crippen LogP contribution in [0, 0.1) is 11.6 Å². The first-order valence-electron chi connectivity index (χ1n) is 7.70. The first kappa shape index (κ1) is 15.4. The zero-order valence-electron chi connectivity index (χ0n) is 13.1. The van der Waals surface area contributed by atoms with Gasteiger partial charge < -0.3 is 0 Å². The molecule has 0 fully saturated rings. The molecule has 118 valence electrons. The Morgan fingerprint density at radius 1 is 1.13 bits per heavy atom. The maximum atomic E-state index is 14.6. The van der Waals surface area contributed by atoms with Crippen LogP contribution >= 0.6 is 0 Å². The van der Waals surface area contributed by atoms with Gasteiger partial charge in [-0.25, -0.2) is 13.8 Å². The molecule has 0 aliphatic carbocycles. The van der Waals surface area contributed by atoms with Crippen LogP contribution < -0.4 is 0 Å². The highest BCUT2D eigenvalue weighted by Gasteiger charge is 2.21. The molecule has 0 spiro atoms. The van der Waals surface area contributed by atoms with Crippen molar-refractivity contribution < 1.29 is 8.78 Å². The zero-order valence-corrected chi connectivity index (χ0v) is 13.1. The van der Waals surface area contributed by atoms with Crippen LogP contribution in [0.25, 0.3) is 17.1 Å². The Balaban J connectivity index is 2.23. The van der Waals surface area contributed by atoms with E-state index in [1.165, 1.54) is 6.07 Å². The fraction of sp³-hybridized carbons (Fsp3) is 0.211. The Bertz CT molecular complexity index is 809. The summed E-state index contributed by atoms with van der Waals surface area (Å²) in [5, 5.41) is 0. The van der Waals surface area contributed by atoms with Gasteiger partial charge in [0.2, 0.25) is 0 Å². The Labute approximate surface area is 134 Å². The number of nitrogens with zero attached hydrogens (tertiary/aromatic N) is 2. The number of benzene rings is 2. The van der Waals surface area contributed by atoms with Crippen molar-refractivity contribution in [3.8, 4) is 17.1 Å². The van der Waals surface area contributed by atoms with Crippen LogP contribution in [-0.2, 0) is 0 Å². The SMILES string of the molecule is CCC(C)c1cc(F)cc(F)c1-c1nccn1-c1ccccc1. The van der Waals surface area contributed by atoms with Gasteiger partial charge in [0.25, 0.3) is 0 Å². The minimum Gasteiger partial charge on any atom is -0.300 e. The van der Waals surface area contributed by atoms with Gasteiger partial charge in [-0.05, 0) is 36.1 Å². The lowest BCUT2D eigenvalue weighted by Crippen LogP contribution is -2.04. The van der Waals surface area contributed by atoms with E-state index in [1.807, 2.05) is 48.7 Å². The summed E-state index contributed by atoms with van der Waals surface area (Å²) < 4.78 is 30.1. The molecule has 0 radical (unpaired) electrons. The molecule has 23 heavy (non-hydrogen) atoms. The topological polar surface area (TPSA) is 17.8 Å². The third-order valence-corrected chi connectivity index (χ3v) is 4.13. The predicted octanol–water partition coefficient (Wildman–Crippen LogP) is 5.33. The summed E-state index contributed by atoms with van der Waals surface area (Å²) in [5.74, 6) is -0.608. The highest BCUT2D eigenvalue weighted by molar-refractivity contribution is 5.65. The largest absolute Gasteiger partial charge is 0.300 e. The van der Waals surface area contributed by atoms with E-state index in [-0.39, 0.29) is 5.92 Å². The van der Waals surface area contributed by atoms with Gasteiger partial charge in [0, 0.05) is 24.1 Å². The molecule has 2 aromatic carbocycles. The van der Waals surface area contributed by atoms with Gasteiger partial charge in [-0.1, -0.05) is 32.0 Å². The number of hydrogen-bond donors (Lipinski definition) is 0. The van der Waals surface area contributed by atoms with E-state index in [0.29, 0.717) is 17.0 Å². The van der Waals surface area contributed by atoms with E-state index in [2.05, 4.69) is 4.98 Å².